The summed E-state index contributed by atoms with van der Waals surface area (Å²) in [6.45, 7) is 7.03. The molecular weight excluding hydrogens is 452 g/mol. The van der Waals surface area contributed by atoms with Crippen LogP contribution in [0.25, 0.3) is 0 Å². The Kier molecular flexibility index (Phi) is 6.87. The zero-order valence-corrected chi connectivity index (χ0v) is 20.3. The number of hydrogen-bond acceptors (Lipinski definition) is 5. The van der Waals surface area contributed by atoms with Crippen molar-refractivity contribution in [1.29, 1.82) is 0 Å². The van der Waals surface area contributed by atoms with Gasteiger partial charge in [-0.25, -0.2) is 13.2 Å². The maximum Gasteiger partial charge on any atom is 0.320 e. The van der Waals surface area contributed by atoms with Crippen molar-refractivity contribution >= 4 is 16.1 Å². The summed E-state index contributed by atoms with van der Waals surface area (Å²) in [6.07, 6.45) is 0.739. The fraction of sp³-hybridized carbons (Fsp3) is 0.480. The number of ether oxygens (including phenoxy) is 1. The SMILES string of the molecule is O=C(N1CCOCC1)N1CCN(Cc2cccc(S(=O)(=O)N3CCc4ccccc4C3)c2)CC1. The molecule has 2 amide bonds. The number of morpholine rings is 1. The summed E-state index contributed by atoms with van der Waals surface area (Å²) in [7, 11) is -3.55. The minimum Gasteiger partial charge on any atom is -0.378 e. The molecule has 182 valence electrons. The van der Waals surface area contributed by atoms with Gasteiger partial charge in [-0.2, -0.15) is 4.31 Å². The molecule has 3 heterocycles. The molecule has 0 radical (unpaired) electrons. The fourth-order valence-corrected chi connectivity index (χ4v) is 6.43. The topological polar surface area (TPSA) is 73.4 Å². The Morgan fingerprint density at radius 3 is 2.29 bits per heavy atom. The predicted octanol–water partition coefficient (Wildman–Crippen LogP) is 2.00. The third-order valence-corrected chi connectivity index (χ3v) is 8.80. The molecule has 2 saturated heterocycles. The van der Waals surface area contributed by atoms with E-state index in [1.165, 1.54) is 5.56 Å². The molecule has 0 aromatic heterocycles. The van der Waals surface area contributed by atoms with Crippen molar-refractivity contribution < 1.29 is 17.9 Å². The van der Waals surface area contributed by atoms with Crippen molar-refractivity contribution in [3.63, 3.8) is 0 Å². The van der Waals surface area contributed by atoms with Crippen LogP contribution in [0.15, 0.2) is 53.4 Å². The molecule has 0 bridgehead atoms. The van der Waals surface area contributed by atoms with Crippen molar-refractivity contribution in [3.05, 3.63) is 65.2 Å². The van der Waals surface area contributed by atoms with Crippen LogP contribution in [0.5, 0.6) is 0 Å². The molecule has 3 aliphatic heterocycles. The number of rotatable bonds is 4. The number of urea groups is 1. The van der Waals surface area contributed by atoms with Crippen LogP contribution in [0.2, 0.25) is 0 Å². The van der Waals surface area contributed by atoms with E-state index < -0.39 is 10.0 Å². The summed E-state index contributed by atoms with van der Waals surface area (Å²) in [5.74, 6) is 0. The van der Waals surface area contributed by atoms with Crippen LogP contribution in [0.3, 0.4) is 0 Å². The van der Waals surface area contributed by atoms with E-state index in [9.17, 15) is 13.2 Å². The van der Waals surface area contributed by atoms with E-state index in [2.05, 4.69) is 11.0 Å². The van der Waals surface area contributed by atoms with Crippen LogP contribution in [-0.4, -0.2) is 92.5 Å². The maximum atomic E-state index is 13.4. The van der Waals surface area contributed by atoms with Crippen molar-refractivity contribution in [2.45, 2.75) is 24.4 Å². The maximum absolute atomic E-state index is 13.4. The molecule has 0 unspecified atom stereocenters. The first kappa shape index (κ1) is 23.3. The summed E-state index contributed by atoms with van der Waals surface area (Å²) in [6, 6.07) is 15.5. The molecule has 0 aliphatic carbocycles. The van der Waals surface area contributed by atoms with E-state index in [0.29, 0.717) is 63.9 Å². The van der Waals surface area contributed by atoms with Crippen LogP contribution in [0.1, 0.15) is 16.7 Å². The number of piperazine rings is 1. The Bertz CT molecular complexity index is 1130. The van der Waals surface area contributed by atoms with Gasteiger partial charge in [0.05, 0.1) is 18.1 Å². The van der Waals surface area contributed by atoms with E-state index in [-0.39, 0.29) is 6.03 Å². The molecule has 0 spiro atoms. The van der Waals surface area contributed by atoms with Crippen LogP contribution in [-0.2, 0) is 34.3 Å². The van der Waals surface area contributed by atoms with E-state index >= 15 is 0 Å². The largest absolute Gasteiger partial charge is 0.378 e. The Balaban J connectivity index is 1.20. The summed E-state index contributed by atoms with van der Waals surface area (Å²) in [4.78, 5) is 19.1. The summed E-state index contributed by atoms with van der Waals surface area (Å²) in [5, 5.41) is 0. The molecule has 0 saturated carbocycles. The van der Waals surface area contributed by atoms with Crippen molar-refractivity contribution in [2.75, 3.05) is 59.0 Å². The van der Waals surface area contributed by atoms with Gasteiger partial charge in [-0.1, -0.05) is 36.4 Å². The number of carbonyl (C=O) groups excluding carboxylic acids is 1. The molecule has 3 aliphatic rings. The standard InChI is InChI=1S/C25H32N4O4S/c30-25(28-14-16-33-17-15-28)27-12-10-26(11-13-27)19-21-4-3-7-24(18-21)34(31,32)29-9-8-22-5-1-2-6-23(22)20-29/h1-7,18H,8-17,19-20H2. The second kappa shape index (κ2) is 10.0. The Hall–Kier alpha value is -2.46. The summed E-state index contributed by atoms with van der Waals surface area (Å²) >= 11 is 0. The highest BCUT2D eigenvalue weighted by Gasteiger charge is 2.29. The van der Waals surface area contributed by atoms with Gasteiger partial charge in [0, 0.05) is 58.9 Å². The van der Waals surface area contributed by atoms with E-state index in [1.807, 2.05) is 40.1 Å². The third-order valence-electron chi connectivity index (χ3n) is 6.96. The zero-order valence-electron chi connectivity index (χ0n) is 19.4. The highest BCUT2D eigenvalue weighted by molar-refractivity contribution is 7.89. The van der Waals surface area contributed by atoms with Gasteiger partial charge in [0.1, 0.15) is 0 Å². The highest BCUT2D eigenvalue weighted by Crippen LogP contribution is 2.25. The first-order chi connectivity index (χ1) is 16.5. The van der Waals surface area contributed by atoms with Crippen molar-refractivity contribution in [3.8, 4) is 0 Å². The first-order valence-corrected chi connectivity index (χ1v) is 13.4. The van der Waals surface area contributed by atoms with E-state index in [1.54, 1.807) is 16.4 Å². The number of nitrogens with zero attached hydrogens (tertiary/aromatic N) is 4. The molecule has 9 heteroatoms. The molecule has 34 heavy (non-hydrogen) atoms. The second-order valence-corrected chi connectivity index (χ2v) is 11.1. The van der Waals surface area contributed by atoms with Crippen molar-refractivity contribution in [2.24, 2.45) is 0 Å². The quantitative estimate of drug-likeness (QED) is 0.664. The van der Waals surface area contributed by atoms with Gasteiger partial charge in [0.15, 0.2) is 0 Å². The molecule has 8 nitrogen and oxygen atoms in total. The van der Waals surface area contributed by atoms with Gasteiger partial charge in [0.25, 0.3) is 0 Å². The number of fused-ring (bicyclic) bond motifs is 1. The highest BCUT2D eigenvalue weighted by atomic mass is 32.2. The van der Waals surface area contributed by atoms with Gasteiger partial charge < -0.3 is 14.5 Å². The van der Waals surface area contributed by atoms with Crippen molar-refractivity contribution in [1.82, 2.24) is 19.0 Å². The molecule has 0 N–H and O–H groups in total. The fourth-order valence-electron chi connectivity index (χ4n) is 4.94. The van der Waals surface area contributed by atoms with Crippen LogP contribution in [0.4, 0.5) is 4.79 Å². The molecule has 2 aromatic carbocycles. The number of carbonyl (C=O) groups is 1. The van der Waals surface area contributed by atoms with Gasteiger partial charge in [0.2, 0.25) is 10.0 Å². The number of amides is 2. The lowest BCUT2D eigenvalue weighted by molar-refractivity contribution is 0.0373. The lowest BCUT2D eigenvalue weighted by Gasteiger charge is -2.38. The Labute approximate surface area is 201 Å². The zero-order chi connectivity index (χ0) is 23.5. The van der Waals surface area contributed by atoms with Crippen LogP contribution >= 0.6 is 0 Å². The number of benzene rings is 2. The third kappa shape index (κ3) is 4.98. The monoisotopic (exact) mass is 484 g/mol. The molecule has 2 aromatic rings. The number of hydrogen-bond donors (Lipinski definition) is 0. The van der Waals surface area contributed by atoms with Gasteiger partial charge >= 0.3 is 6.03 Å². The Morgan fingerprint density at radius 2 is 1.53 bits per heavy atom. The average Bonchev–Trinajstić information content (AvgIpc) is 2.89. The minimum absolute atomic E-state index is 0.0964. The summed E-state index contributed by atoms with van der Waals surface area (Å²) in [5.41, 5.74) is 3.29. The van der Waals surface area contributed by atoms with E-state index in [0.717, 1.165) is 30.6 Å². The Morgan fingerprint density at radius 1 is 0.824 bits per heavy atom. The molecular formula is C25H32N4O4S. The number of sulfonamides is 1. The smallest absolute Gasteiger partial charge is 0.320 e. The molecule has 0 atom stereocenters. The lowest BCUT2D eigenvalue weighted by atomic mass is 10.0. The van der Waals surface area contributed by atoms with E-state index in [4.69, 9.17) is 4.74 Å². The average molecular weight is 485 g/mol. The summed E-state index contributed by atoms with van der Waals surface area (Å²) < 4.78 is 33.7. The van der Waals surface area contributed by atoms with Gasteiger partial charge in [-0.05, 0) is 35.2 Å². The second-order valence-electron chi connectivity index (χ2n) is 9.15. The van der Waals surface area contributed by atoms with Gasteiger partial charge in [-0.3, -0.25) is 4.90 Å². The lowest BCUT2D eigenvalue weighted by Crippen LogP contribution is -2.54. The van der Waals surface area contributed by atoms with Crippen LogP contribution in [0, 0.1) is 0 Å². The van der Waals surface area contributed by atoms with Crippen LogP contribution < -0.4 is 0 Å². The normalized spacial score (nSPS) is 20.2. The molecule has 5 rings (SSSR count). The van der Waals surface area contributed by atoms with Gasteiger partial charge in [-0.15, -0.1) is 0 Å². The first-order valence-electron chi connectivity index (χ1n) is 12.0. The molecule has 2 fully saturated rings. The minimum atomic E-state index is -3.55. The predicted molar refractivity (Wildman–Crippen MR) is 129 cm³/mol.